The van der Waals surface area contributed by atoms with Crippen LogP contribution in [0.25, 0.3) is 11.1 Å². The van der Waals surface area contributed by atoms with Crippen molar-refractivity contribution in [3.8, 4) is 11.1 Å². The van der Waals surface area contributed by atoms with E-state index in [0.717, 1.165) is 19.3 Å². The first-order chi connectivity index (χ1) is 34.3. The number of hydrogen-bond donors (Lipinski definition) is 0. The lowest BCUT2D eigenvalue weighted by Gasteiger charge is -2.49. The van der Waals surface area contributed by atoms with Crippen molar-refractivity contribution in [2.45, 2.75) is 174 Å². The summed E-state index contributed by atoms with van der Waals surface area (Å²) < 4.78 is 0. The van der Waals surface area contributed by atoms with Crippen molar-refractivity contribution in [3.63, 3.8) is 0 Å². The van der Waals surface area contributed by atoms with Crippen LogP contribution in [0.2, 0.25) is 0 Å². The smallest absolute Gasteiger partial charge is 0.252 e. The first kappa shape index (κ1) is 48.0. The molecule has 1 saturated carbocycles. The molecular formula is C69H78BN3. The third-order valence-electron chi connectivity index (χ3n) is 19.1. The van der Waals surface area contributed by atoms with E-state index in [1.54, 1.807) is 0 Å². The van der Waals surface area contributed by atoms with E-state index in [9.17, 15) is 0 Å². The van der Waals surface area contributed by atoms with Crippen LogP contribution in [0.1, 0.15) is 169 Å². The highest BCUT2D eigenvalue weighted by atomic mass is 15.3. The number of benzene rings is 7. The van der Waals surface area contributed by atoms with E-state index in [1.165, 1.54) is 119 Å². The molecule has 2 atom stereocenters. The summed E-state index contributed by atoms with van der Waals surface area (Å²) in [7, 11) is 0. The zero-order chi connectivity index (χ0) is 51.6. The van der Waals surface area contributed by atoms with Crippen LogP contribution in [-0.4, -0.2) is 12.3 Å². The lowest BCUT2D eigenvalue weighted by atomic mass is 9.33. The standard InChI is InChI=1S/C69H78BN3/c1-63(2,3)45-26-30-48(31-27-45)71-58-33-29-47(65(7,8)9)39-54(58)70-55-42-52-53(67(12,13)37-36-66(52,10)11)43-59(55)72(56-32-28-46(64(4,5)6)38-50(56)44-22-17-16-18-23-44)61-41-49(40-60(71)62(61)70)73-57-25-20-19-24-51(57)68(14)34-21-35-69(68,73)15/h16-20,22-33,38-43H,21,34-37H2,1-15H3. The van der Waals surface area contributed by atoms with E-state index >= 15 is 0 Å². The second kappa shape index (κ2) is 15.8. The molecule has 372 valence electrons. The Morgan fingerprint density at radius 1 is 0.411 bits per heavy atom. The van der Waals surface area contributed by atoms with Crippen molar-refractivity contribution < 1.29 is 0 Å². The van der Waals surface area contributed by atoms with Gasteiger partial charge in [-0.1, -0.05) is 188 Å². The van der Waals surface area contributed by atoms with E-state index in [-0.39, 0.29) is 44.7 Å². The molecule has 0 aromatic heterocycles. The zero-order valence-corrected chi connectivity index (χ0v) is 46.7. The molecule has 0 N–H and O–H groups in total. The maximum Gasteiger partial charge on any atom is 0.252 e. The summed E-state index contributed by atoms with van der Waals surface area (Å²) in [4.78, 5) is 8.20. The molecule has 3 heterocycles. The minimum absolute atomic E-state index is 0.00828. The fourth-order valence-corrected chi connectivity index (χ4v) is 14.3. The molecule has 12 rings (SSSR count). The molecule has 1 fully saturated rings. The Morgan fingerprint density at radius 2 is 0.959 bits per heavy atom. The van der Waals surface area contributed by atoms with Gasteiger partial charge in [-0.25, -0.2) is 0 Å². The van der Waals surface area contributed by atoms with Gasteiger partial charge in [0.05, 0.1) is 11.2 Å². The summed E-state index contributed by atoms with van der Waals surface area (Å²) in [6.07, 6.45) is 5.85. The third-order valence-corrected chi connectivity index (χ3v) is 19.1. The van der Waals surface area contributed by atoms with Crippen LogP contribution in [0.3, 0.4) is 0 Å². The van der Waals surface area contributed by atoms with Crippen molar-refractivity contribution in [2.24, 2.45) is 0 Å². The summed E-state index contributed by atoms with van der Waals surface area (Å²) in [6, 6.07) is 55.7. The van der Waals surface area contributed by atoms with Crippen LogP contribution in [0, 0.1) is 0 Å². The SMILES string of the molecule is CC(C)(C)c1ccc(N2c3ccc(C(C)(C)C)cc3B3c4cc5c(cc4N(c4ccc(C(C)(C)C)cc4-c4ccccc4)c4cc(N6c7ccccc7C7(C)CCCC67C)cc2c43)C(C)(C)CCC5(C)C)cc1. The molecule has 73 heavy (non-hydrogen) atoms. The number of para-hydroxylation sites is 1. The molecule has 2 aliphatic carbocycles. The van der Waals surface area contributed by atoms with Crippen LogP contribution in [0.5, 0.6) is 0 Å². The quantitative estimate of drug-likeness (QED) is 0.163. The predicted octanol–water partition coefficient (Wildman–Crippen LogP) is 17.0. The third kappa shape index (κ3) is 7.11. The molecular weight excluding hydrogens is 882 g/mol. The van der Waals surface area contributed by atoms with Gasteiger partial charge in [0.25, 0.3) is 6.71 Å². The molecule has 0 amide bonds. The summed E-state index contributed by atoms with van der Waals surface area (Å²) in [5.41, 5.74) is 25.2. The average molecular weight is 960 g/mol. The first-order valence-corrected chi connectivity index (χ1v) is 27.6. The van der Waals surface area contributed by atoms with Crippen LogP contribution in [0.4, 0.5) is 45.5 Å². The van der Waals surface area contributed by atoms with Crippen molar-refractivity contribution in [1.82, 2.24) is 0 Å². The van der Waals surface area contributed by atoms with Gasteiger partial charge < -0.3 is 14.7 Å². The maximum atomic E-state index is 2.80. The van der Waals surface area contributed by atoms with Crippen LogP contribution in [0.15, 0.2) is 140 Å². The van der Waals surface area contributed by atoms with Gasteiger partial charge in [0, 0.05) is 50.8 Å². The molecule has 2 unspecified atom stereocenters. The Labute approximate surface area is 439 Å². The maximum absolute atomic E-state index is 2.80. The number of anilines is 8. The molecule has 0 radical (unpaired) electrons. The van der Waals surface area contributed by atoms with Gasteiger partial charge in [-0.2, -0.15) is 0 Å². The Bertz CT molecular complexity index is 3380. The van der Waals surface area contributed by atoms with Crippen molar-refractivity contribution >= 4 is 68.6 Å². The van der Waals surface area contributed by atoms with Gasteiger partial charge in [-0.05, 0) is 170 Å². The highest BCUT2D eigenvalue weighted by molar-refractivity contribution is 7.00. The van der Waals surface area contributed by atoms with Crippen LogP contribution in [-0.2, 0) is 32.5 Å². The van der Waals surface area contributed by atoms with Gasteiger partial charge in [-0.15, -0.1) is 0 Å². The highest BCUT2D eigenvalue weighted by Crippen LogP contribution is 2.63. The second-order valence-corrected chi connectivity index (χ2v) is 27.7. The minimum atomic E-state index is -0.111. The molecule has 0 bridgehead atoms. The predicted molar refractivity (Wildman–Crippen MR) is 315 cm³/mol. The highest BCUT2D eigenvalue weighted by Gasteiger charge is 2.60. The van der Waals surface area contributed by atoms with Crippen LogP contribution >= 0.6 is 0 Å². The van der Waals surface area contributed by atoms with Gasteiger partial charge >= 0.3 is 0 Å². The van der Waals surface area contributed by atoms with Gasteiger partial charge in [0.15, 0.2) is 0 Å². The largest absolute Gasteiger partial charge is 0.334 e. The number of fused-ring (bicyclic) bond motifs is 8. The van der Waals surface area contributed by atoms with E-state index in [0.29, 0.717) is 0 Å². The molecule has 4 heteroatoms. The lowest BCUT2D eigenvalue weighted by molar-refractivity contribution is 0.330. The van der Waals surface area contributed by atoms with Crippen molar-refractivity contribution in [3.05, 3.63) is 173 Å². The monoisotopic (exact) mass is 960 g/mol. The van der Waals surface area contributed by atoms with Crippen molar-refractivity contribution in [2.75, 3.05) is 14.7 Å². The van der Waals surface area contributed by atoms with E-state index in [1.807, 2.05) is 0 Å². The topological polar surface area (TPSA) is 9.72 Å². The number of hydrogen-bond acceptors (Lipinski definition) is 3. The second-order valence-electron chi connectivity index (χ2n) is 27.7. The Morgan fingerprint density at radius 3 is 1.60 bits per heavy atom. The van der Waals surface area contributed by atoms with Crippen LogP contribution < -0.4 is 31.1 Å². The lowest BCUT2D eigenvalue weighted by Crippen LogP contribution is -2.62. The molecule has 0 saturated heterocycles. The van der Waals surface area contributed by atoms with E-state index in [4.69, 9.17) is 0 Å². The molecule has 3 aliphatic heterocycles. The zero-order valence-electron chi connectivity index (χ0n) is 46.7. The molecule has 5 aliphatic rings. The Kier molecular flexibility index (Phi) is 10.4. The first-order valence-electron chi connectivity index (χ1n) is 27.6. The number of rotatable bonds is 4. The Hall–Kier alpha value is -6.00. The normalized spacial score (nSPS) is 21.3. The average Bonchev–Trinajstić information content (AvgIpc) is 3.75. The number of nitrogens with zero attached hydrogens (tertiary/aromatic N) is 3. The minimum Gasteiger partial charge on any atom is -0.334 e. The molecule has 0 spiro atoms. The summed E-state index contributed by atoms with van der Waals surface area (Å²) in [6.45, 7) is 36.3. The van der Waals surface area contributed by atoms with E-state index in [2.05, 4.69) is 258 Å². The Balaban J connectivity index is 1.26. The van der Waals surface area contributed by atoms with Gasteiger partial charge in [0.2, 0.25) is 0 Å². The van der Waals surface area contributed by atoms with Gasteiger partial charge in [-0.3, -0.25) is 0 Å². The molecule has 7 aromatic carbocycles. The summed E-state index contributed by atoms with van der Waals surface area (Å²) in [5, 5.41) is 0. The fraction of sp³-hybridized carbons (Fsp3) is 0.391. The molecule has 7 aromatic rings. The fourth-order valence-electron chi connectivity index (χ4n) is 14.3. The van der Waals surface area contributed by atoms with E-state index < -0.39 is 0 Å². The molecule has 3 nitrogen and oxygen atoms in total. The van der Waals surface area contributed by atoms with Crippen molar-refractivity contribution in [1.29, 1.82) is 0 Å². The summed E-state index contributed by atoms with van der Waals surface area (Å²) >= 11 is 0. The summed E-state index contributed by atoms with van der Waals surface area (Å²) in [5.74, 6) is 0. The van der Waals surface area contributed by atoms with Gasteiger partial charge in [0.1, 0.15) is 0 Å².